The average Bonchev–Trinajstić information content (AvgIpc) is 3.35. The lowest BCUT2D eigenvalue weighted by molar-refractivity contribution is 0.0996. The highest BCUT2D eigenvalue weighted by Gasteiger charge is 2.08. The third kappa shape index (κ3) is 7.11. The molecule has 1 aromatic heterocycles. The van der Waals surface area contributed by atoms with Gasteiger partial charge >= 0.3 is 0 Å². The fourth-order valence-corrected chi connectivity index (χ4v) is 2.92. The van der Waals surface area contributed by atoms with E-state index in [4.69, 9.17) is 14.9 Å². The van der Waals surface area contributed by atoms with E-state index in [2.05, 4.69) is 15.6 Å². The van der Waals surface area contributed by atoms with Crippen LogP contribution < -0.4 is 21.1 Å². The van der Waals surface area contributed by atoms with Crippen LogP contribution in [0.15, 0.2) is 107 Å². The number of benzene rings is 3. The van der Waals surface area contributed by atoms with Crippen molar-refractivity contribution in [3.63, 3.8) is 0 Å². The van der Waals surface area contributed by atoms with Gasteiger partial charge in [0.2, 0.25) is 0 Å². The summed E-state index contributed by atoms with van der Waals surface area (Å²) in [5, 5.41) is 5.85. The number of nitrogens with one attached hydrogen (secondary N) is 2. The Labute approximate surface area is 208 Å². The van der Waals surface area contributed by atoms with Gasteiger partial charge in [0.25, 0.3) is 5.91 Å². The molecule has 7 nitrogen and oxygen atoms in total. The number of furan rings is 1. The van der Waals surface area contributed by atoms with Crippen molar-refractivity contribution in [2.24, 2.45) is 10.7 Å². The molecule has 0 radical (unpaired) electrons. The normalized spacial score (nSPS) is 10.7. The first-order valence-electron chi connectivity index (χ1n) is 9.99. The van der Waals surface area contributed by atoms with E-state index in [1.807, 2.05) is 66.7 Å². The lowest BCUT2D eigenvalue weighted by atomic mass is 10.2. The van der Waals surface area contributed by atoms with Crippen molar-refractivity contribution < 1.29 is 13.9 Å². The second-order valence-electron chi connectivity index (χ2n) is 6.90. The van der Waals surface area contributed by atoms with Crippen LogP contribution in [0, 0.1) is 0 Å². The van der Waals surface area contributed by atoms with Crippen LogP contribution in [-0.4, -0.2) is 11.9 Å². The van der Waals surface area contributed by atoms with Gasteiger partial charge in [-0.1, -0.05) is 36.4 Å². The summed E-state index contributed by atoms with van der Waals surface area (Å²) in [4.78, 5) is 16.4. The molecule has 33 heavy (non-hydrogen) atoms. The number of anilines is 2. The van der Waals surface area contributed by atoms with E-state index < -0.39 is 0 Å². The Bertz CT molecular complexity index is 1190. The van der Waals surface area contributed by atoms with E-state index in [0.717, 1.165) is 17.0 Å². The fourth-order valence-electron chi connectivity index (χ4n) is 2.92. The molecule has 3 aromatic carbocycles. The molecule has 0 bridgehead atoms. The molecule has 4 rings (SSSR count). The van der Waals surface area contributed by atoms with Crippen LogP contribution >= 0.6 is 24.0 Å². The van der Waals surface area contributed by atoms with Crippen molar-refractivity contribution in [3.8, 4) is 11.5 Å². The van der Waals surface area contributed by atoms with Crippen molar-refractivity contribution in [1.29, 1.82) is 0 Å². The van der Waals surface area contributed by atoms with Gasteiger partial charge in [0.15, 0.2) is 11.7 Å². The van der Waals surface area contributed by atoms with Gasteiger partial charge in [0.1, 0.15) is 11.5 Å². The zero-order valence-electron chi connectivity index (χ0n) is 17.6. The molecule has 0 aliphatic carbocycles. The maximum absolute atomic E-state index is 12.0. The predicted octanol–water partition coefficient (Wildman–Crippen LogP) is 5.87. The minimum Gasteiger partial charge on any atom is -0.459 e. The number of ether oxygens (including phenoxy) is 1. The van der Waals surface area contributed by atoms with Crippen LogP contribution in [0.25, 0.3) is 0 Å². The van der Waals surface area contributed by atoms with Crippen molar-refractivity contribution in [2.75, 3.05) is 10.6 Å². The minimum atomic E-state index is -0.298. The molecule has 4 aromatic rings. The second-order valence-corrected chi connectivity index (χ2v) is 6.90. The number of halogens is 1. The highest BCUT2D eigenvalue weighted by molar-refractivity contribution is 14.0. The Kier molecular flexibility index (Phi) is 8.48. The number of hydrogen-bond acceptors (Lipinski definition) is 4. The molecule has 0 saturated heterocycles. The van der Waals surface area contributed by atoms with E-state index in [9.17, 15) is 4.79 Å². The summed E-state index contributed by atoms with van der Waals surface area (Å²) in [6, 6.07) is 27.7. The van der Waals surface area contributed by atoms with Crippen LogP contribution in [-0.2, 0) is 6.54 Å². The van der Waals surface area contributed by atoms with Gasteiger partial charge < -0.3 is 25.5 Å². The monoisotopic (exact) mass is 554 g/mol. The predicted molar refractivity (Wildman–Crippen MR) is 140 cm³/mol. The molecule has 0 aliphatic rings. The molecule has 4 N–H and O–H groups in total. The fraction of sp³-hybridized carbons (Fsp3) is 0.0400. The van der Waals surface area contributed by atoms with Crippen molar-refractivity contribution >= 4 is 47.2 Å². The lowest BCUT2D eigenvalue weighted by Gasteiger charge is -2.09. The Morgan fingerprint density at radius 2 is 1.61 bits per heavy atom. The van der Waals surface area contributed by atoms with Gasteiger partial charge in [-0.3, -0.25) is 4.79 Å². The van der Waals surface area contributed by atoms with Crippen LogP contribution in [0.5, 0.6) is 11.5 Å². The topological polar surface area (TPSA) is 102 Å². The Hall–Kier alpha value is -3.79. The maximum Gasteiger partial charge on any atom is 0.291 e. The molecule has 1 heterocycles. The van der Waals surface area contributed by atoms with E-state index in [-0.39, 0.29) is 41.6 Å². The summed E-state index contributed by atoms with van der Waals surface area (Å²) < 4.78 is 10.9. The van der Waals surface area contributed by atoms with Crippen molar-refractivity contribution in [3.05, 3.63) is 109 Å². The number of aliphatic imine (C=N–C) groups is 1. The number of carbonyl (C=O) groups excluding carboxylic acids is 1. The minimum absolute atomic E-state index is 0. The van der Waals surface area contributed by atoms with Gasteiger partial charge in [-0.05, 0) is 54.1 Å². The van der Waals surface area contributed by atoms with Gasteiger partial charge in [-0.25, -0.2) is 4.99 Å². The zero-order chi connectivity index (χ0) is 22.2. The number of nitrogens with zero attached hydrogens (tertiary/aromatic N) is 1. The summed E-state index contributed by atoms with van der Waals surface area (Å²) in [6.45, 7) is 0.394. The molecule has 1 amide bonds. The number of carbonyl (C=O) groups is 1. The smallest absolute Gasteiger partial charge is 0.291 e. The molecule has 0 atom stereocenters. The molecule has 0 fully saturated rings. The number of rotatable bonds is 7. The van der Waals surface area contributed by atoms with Crippen molar-refractivity contribution in [2.45, 2.75) is 6.54 Å². The van der Waals surface area contributed by atoms with Gasteiger partial charge in [0.05, 0.1) is 12.8 Å². The molecule has 0 spiro atoms. The third-order valence-electron chi connectivity index (χ3n) is 4.47. The summed E-state index contributed by atoms with van der Waals surface area (Å²) in [6.07, 6.45) is 1.46. The Balaban J connectivity index is 0.00000306. The van der Waals surface area contributed by atoms with Crippen LogP contribution in [0.1, 0.15) is 16.1 Å². The molecule has 0 unspecified atom stereocenters. The highest BCUT2D eigenvalue weighted by Crippen LogP contribution is 2.23. The quantitative estimate of drug-likeness (QED) is 0.151. The van der Waals surface area contributed by atoms with Gasteiger partial charge in [0, 0.05) is 17.4 Å². The number of para-hydroxylation sites is 1. The largest absolute Gasteiger partial charge is 0.459 e. The SMILES string of the molecule is I.NC(=NCc1ccc(NC(=O)c2ccco2)cc1)Nc1cccc(Oc2ccccc2)c1. The zero-order valence-corrected chi connectivity index (χ0v) is 19.9. The van der Waals surface area contributed by atoms with Gasteiger partial charge in [-0.15, -0.1) is 24.0 Å². The first-order valence-corrected chi connectivity index (χ1v) is 9.99. The number of hydrogen-bond donors (Lipinski definition) is 3. The molecule has 8 heteroatoms. The summed E-state index contributed by atoms with van der Waals surface area (Å²) >= 11 is 0. The summed E-state index contributed by atoms with van der Waals surface area (Å²) in [7, 11) is 0. The van der Waals surface area contributed by atoms with Crippen LogP contribution in [0.4, 0.5) is 11.4 Å². The maximum atomic E-state index is 12.0. The van der Waals surface area contributed by atoms with E-state index >= 15 is 0 Å². The van der Waals surface area contributed by atoms with E-state index in [1.165, 1.54) is 6.26 Å². The number of guanidine groups is 1. The first kappa shape index (κ1) is 23.9. The van der Waals surface area contributed by atoms with E-state index in [0.29, 0.717) is 18.0 Å². The second kappa shape index (κ2) is 11.7. The third-order valence-corrected chi connectivity index (χ3v) is 4.47. The molecule has 168 valence electrons. The van der Waals surface area contributed by atoms with Crippen LogP contribution in [0.2, 0.25) is 0 Å². The molecular weight excluding hydrogens is 531 g/mol. The number of amides is 1. The number of nitrogens with two attached hydrogens (primary N) is 1. The molecule has 0 saturated carbocycles. The van der Waals surface area contributed by atoms with Gasteiger partial charge in [-0.2, -0.15) is 0 Å². The van der Waals surface area contributed by atoms with E-state index in [1.54, 1.807) is 24.3 Å². The summed E-state index contributed by atoms with van der Waals surface area (Å²) in [5.41, 5.74) is 8.43. The summed E-state index contributed by atoms with van der Waals surface area (Å²) in [5.74, 6) is 1.71. The lowest BCUT2D eigenvalue weighted by Crippen LogP contribution is -2.22. The Morgan fingerprint density at radius 3 is 2.33 bits per heavy atom. The van der Waals surface area contributed by atoms with Crippen molar-refractivity contribution in [1.82, 2.24) is 0 Å². The Morgan fingerprint density at radius 1 is 0.848 bits per heavy atom. The highest BCUT2D eigenvalue weighted by atomic mass is 127. The molecule has 0 aliphatic heterocycles. The first-order chi connectivity index (χ1) is 15.7. The van der Waals surface area contributed by atoms with Crippen LogP contribution in [0.3, 0.4) is 0 Å². The molecular formula is C25H23IN4O3. The standard InChI is InChI=1S/C25H22N4O3.HI/c26-25(29-20-6-4-9-22(16-20)32-21-7-2-1-3-8-21)27-17-18-11-13-19(14-12-18)28-24(30)23-10-5-15-31-23;/h1-16H,17H2,(H,28,30)(H3,26,27,29);1H. The average molecular weight is 554 g/mol.